The lowest BCUT2D eigenvalue weighted by molar-refractivity contribution is -0.126. The van der Waals surface area contributed by atoms with Gasteiger partial charge in [0.15, 0.2) is 5.69 Å². The number of carbonyl (C=O) groups excluding carboxylic acids is 2. The molecule has 1 fully saturated rings. The zero-order valence-electron chi connectivity index (χ0n) is 15.2. The van der Waals surface area contributed by atoms with E-state index in [2.05, 4.69) is 10.3 Å². The fourth-order valence-corrected chi connectivity index (χ4v) is 3.88. The molecule has 1 unspecified atom stereocenters. The molecule has 2 amide bonds. The molecule has 1 aliphatic heterocycles. The maximum atomic E-state index is 12.4. The fraction of sp³-hybridized carbons (Fsp3) is 0.368. The number of rotatable bonds is 6. The number of aromatic nitrogens is 1. The van der Waals surface area contributed by atoms with Crippen molar-refractivity contribution < 1.29 is 19.5 Å². The van der Waals surface area contributed by atoms with E-state index in [0.29, 0.717) is 24.5 Å². The zero-order chi connectivity index (χ0) is 19.6. The van der Waals surface area contributed by atoms with Gasteiger partial charge in [0.1, 0.15) is 0 Å². The van der Waals surface area contributed by atoms with Gasteiger partial charge in [-0.1, -0.05) is 12.1 Å². The van der Waals surface area contributed by atoms with E-state index in [0.717, 1.165) is 16.8 Å². The quantitative estimate of drug-likeness (QED) is 0.791. The maximum absolute atomic E-state index is 12.4. The number of thiazole rings is 1. The molecule has 0 spiro atoms. The highest BCUT2D eigenvalue weighted by Crippen LogP contribution is 2.29. The molecule has 3 rings (SSSR count). The van der Waals surface area contributed by atoms with Gasteiger partial charge in [-0.25, -0.2) is 9.78 Å². The van der Waals surface area contributed by atoms with Crippen molar-refractivity contribution in [2.45, 2.75) is 26.7 Å². The first-order valence-electron chi connectivity index (χ1n) is 8.68. The lowest BCUT2D eigenvalue weighted by Gasteiger charge is -2.20. The van der Waals surface area contributed by atoms with Crippen molar-refractivity contribution in [1.82, 2.24) is 10.3 Å². The van der Waals surface area contributed by atoms with Crippen molar-refractivity contribution >= 4 is 34.8 Å². The van der Waals surface area contributed by atoms with Gasteiger partial charge in [-0.3, -0.25) is 9.59 Å². The molecule has 1 saturated heterocycles. The van der Waals surface area contributed by atoms with Crippen LogP contribution in [0.2, 0.25) is 0 Å². The number of aromatic carboxylic acids is 1. The van der Waals surface area contributed by atoms with Crippen LogP contribution < -0.4 is 10.2 Å². The Kier molecular flexibility index (Phi) is 5.55. The summed E-state index contributed by atoms with van der Waals surface area (Å²) < 4.78 is 0. The second-order valence-electron chi connectivity index (χ2n) is 6.60. The molecule has 1 aromatic carbocycles. The van der Waals surface area contributed by atoms with E-state index in [1.165, 1.54) is 16.7 Å². The highest BCUT2D eigenvalue weighted by molar-refractivity contribution is 7.09. The minimum atomic E-state index is -1.06. The number of aryl methyl sites for hydroxylation is 1. The summed E-state index contributed by atoms with van der Waals surface area (Å²) in [4.78, 5) is 41.3. The van der Waals surface area contributed by atoms with Crippen molar-refractivity contribution in [3.63, 3.8) is 0 Å². The molecule has 2 aromatic rings. The molecule has 0 aliphatic carbocycles. The molecule has 0 saturated carbocycles. The van der Waals surface area contributed by atoms with E-state index in [1.54, 1.807) is 4.90 Å². The smallest absolute Gasteiger partial charge is 0.355 e. The molecule has 142 valence electrons. The SMILES string of the molecule is Cc1cccc(N2CC(C(=O)NCCc3nc(C(=O)O)cs3)CC2=O)c1C. The predicted octanol–water partition coefficient (Wildman–Crippen LogP) is 2.17. The molecule has 1 aromatic heterocycles. The van der Waals surface area contributed by atoms with Gasteiger partial charge in [0.05, 0.1) is 10.9 Å². The lowest BCUT2D eigenvalue weighted by Crippen LogP contribution is -2.34. The van der Waals surface area contributed by atoms with Crippen molar-refractivity contribution in [2.75, 3.05) is 18.0 Å². The average molecular weight is 387 g/mol. The largest absolute Gasteiger partial charge is 0.476 e. The van der Waals surface area contributed by atoms with Crippen LogP contribution in [0.1, 0.15) is 33.0 Å². The fourth-order valence-electron chi connectivity index (χ4n) is 3.10. The number of benzene rings is 1. The highest BCUT2D eigenvalue weighted by atomic mass is 32.1. The number of anilines is 1. The normalized spacial score (nSPS) is 16.6. The van der Waals surface area contributed by atoms with E-state index in [1.807, 2.05) is 32.0 Å². The number of carboxylic acids is 1. The number of hydrogen-bond donors (Lipinski definition) is 2. The van der Waals surface area contributed by atoms with Crippen LogP contribution in [0.4, 0.5) is 5.69 Å². The monoisotopic (exact) mass is 387 g/mol. The van der Waals surface area contributed by atoms with Gasteiger partial charge >= 0.3 is 5.97 Å². The predicted molar refractivity (Wildman–Crippen MR) is 102 cm³/mol. The highest BCUT2D eigenvalue weighted by Gasteiger charge is 2.35. The van der Waals surface area contributed by atoms with Crippen LogP contribution in [-0.2, 0) is 16.0 Å². The van der Waals surface area contributed by atoms with Gasteiger partial charge < -0.3 is 15.3 Å². The van der Waals surface area contributed by atoms with Gasteiger partial charge in [0.25, 0.3) is 0 Å². The van der Waals surface area contributed by atoms with Crippen molar-refractivity contribution in [2.24, 2.45) is 5.92 Å². The van der Waals surface area contributed by atoms with Crippen molar-refractivity contribution in [3.8, 4) is 0 Å². The summed E-state index contributed by atoms with van der Waals surface area (Å²) in [6.45, 7) is 4.71. The molecule has 2 N–H and O–H groups in total. The van der Waals surface area contributed by atoms with E-state index in [9.17, 15) is 14.4 Å². The minimum Gasteiger partial charge on any atom is -0.476 e. The third-order valence-corrected chi connectivity index (χ3v) is 5.68. The molecule has 27 heavy (non-hydrogen) atoms. The Balaban J connectivity index is 1.55. The Bertz CT molecular complexity index is 893. The van der Waals surface area contributed by atoms with Crippen LogP contribution in [0.3, 0.4) is 0 Å². The Morgan fingerprint density at radius 3 is 2.85 bits per heavy atom. The molecule has 1 aliphatic rings. The van der Waals surface area contributed by atoms with Crippen LogP contribution in [0.25, 0.3) is 0 Å². The molecular weight excluding hydrogens is 366 g/mol. The van der Waals surface area contributed by atoms with Gasteiger partial charge in [0, 0.05) is 37.0 Å². The summed E-state index contributed by atoms with van der Waals surface area (Å²) in [6.07, 6.45) is 0.657. The topological polar surface area (TPSA) is 99.6 Å². The van der Waals surface area contributed by atoms with Crippen LogP contribution in [-0.4, -0.2) is 41.0 Å². The second kappa shape index (κ2) is 7.87. The van der Waals surface area contributed by atoms with Gasteiger partial charge in [0.2, 0.25) is 11.8 Å². The summed E-state index contributed by atoms with van der Waals surface area (Å²) in [7, 11) is 0. The Morgan fingerprint density at radius 1 is 1.37 bits per heavy atom. The summed E-state index contributed by atoms with van der Waals surface area (Å²) in [5, 5.41) is 13.8. The zero-order valence-corrected chi connectivity index (χ0v) is 16.0. The first-order valence-corrected chi connectivity index (χ1v) is 9.56. The number of carbonyl (C=O) groups is 3. The third-order valence-electron chi connectivity index (χ3n) is 4.77. The number of nitrogens with one attached hydrogen (secondary N) is 1. The number of hydrogen-bond acceptors (Lipinski definition) is 5. The minimum absolute atomic E-state index is 0.0203. The standard InChI is InChI=1S/C19H21N3O4S/c1-11-4-3-5-15(12(11)2)22-9-13(8-17(22)23)18(24)20-7-6-16-21-14(10-27-16)19(25)26/h3-5,10,13H,6-9H2,1-2H3,(H,20,24)(H,25,26). The van der Waals surface area contributed by atoms with Gasteiger partial charge in [-0.05, 0) is 31.0 Å². The van der Waals surface area contributed by atoms with Gasteiger partial charge in [-0.2, -0.15) is 0 Å². The van der Waals surface area contributed by atoms with E-state index in [-0.39, 0.29) is 29.8 Å². The summed E-state index contributed by atoms with van der Waals surface area (Å²) in [5.74, 6) is -1.65. The molecule has 8 heteroatoms. The second-order valence-corrected chi connectivity index (χ2v) is 7.54. The van der Waals surface area contributed by atoms with E-state index < -0.39 is 5.97 Å². The van der Waals surface area contributed by atoms with Crippen molar-refractivity contribution in [1.29, 1.82) is 0 Å². The summed E-state index contributed by atoms with van der Waals surface area (Å²) in [5.41, 5.74) is 3.04. The van der Waals surface area contributed by atoms with Crippen LogP contribution in [0.5, 0.6) is 0 Å². The lowest BCUT2D eigenvalue weighted by atomic mass is 10.1. The molecule has 0 bridgehead atoms. The molecule has 0 radical (unpaired) electrons. The Hall–Kier alpha value is -2.74. The third kappa shape index (κ3) is 4.16. The maximum Gasteiger partial charge on any atom is 0.355 e. The summed E-state index contributed by atoms with van der Waals surface area (Å²) in [6, 6.07) is 5.82. The molecular formula is C19H21N3O4S. The first kappa shape index (κ1) is 19.0. The molecule has 2 heterocycles. The van der Waals surface area contributed by atoms with Crippen LogP contribution in [0.15, 0.2) is 23.6 Å². The van der Waals surface area contributed by atoms with Crippen molar-refractivity contribution in [3.05, 3.63) is 45.4 Å². The number of carboxylic acid groups (broad SMARTS) is 1. The van der Waals surface area contributed by atoms with Gasteiger partial charge in [-0.15, -0.1) is 11.3 Å². The van der Waals surface area contributed by atoms with E-state index in [4.69, 9.17) is 5.11 Å². The Morgan fingerprint density at radius 2 is 2.15 bits per heavy atom. The molecule has 1 atom stereocenters. The molecule has 7 nitrogen and oxygen atoms in total. The number of amides is 2. The number of nitrogens with zero attached hydrogens (tertiary/aromatic N) is 2. The van der Waals surface area contributed by atoms with Crippen LogP contribution >= 0.6 is 11.3 Å². The summed E-state index contributed by atoms with van der Waals surface area (Å²) >= 11 is 1.26. The Labute approximate surface area is 161 Å². The van der Waals surface area contributed by atoms with E-state index >= 15 is 0 Å². The average Bonchev–Trinajstić information content (AvgIpc) is 3.24. The van der Waals surface area contributed by atoms with Crippen LogP contribution in [0, 0.1) is 19.8 Å². The first-order chi connectivity index (χ1) is 12.9.